The highest BCUT2D eigenvalue weighted by molar-refractivity contribution is 9.09. The van der Waals surface area contributed by atoms with Gasteiger partial charge < -0.3 is 0 Å². The molecule has 82 valence electrons. The minimum Gasteiger partial charge on any atom is -0.207 e. The molecule has 0 amide bonds. The lowest BCUT2D eigenvalue weighted by Gasteiger charge is -2.13. The van der Waals surface area contributed by atoms with Crippen LogP contribution in [0.4, 0.5) is 8.78 Å². The van der Waals surface area contributed by atoms with Gasteiger partial charge in [0.2, 0.25) is 0 Å². The van der Waals surface area contributed by atoms with E-state index in [0.717, 1.165) is 11.8 Å². The SMILES string of the molecule is Cc1cc(F)c(C2(C)CC2CBr)cc1F. The Hall–Kier alpha value is -0.440. The van der Waals surface area contributed by atoms with Crippen LogP contribution in [0.1, 0.15) is 24.5 Å². The lowest BCUT2D eigenvalue weighted by Crippen LogP contribution is -2.09. The Bertz CT molecular complexity index is 403. The Morgan fingerprint density at radius 1 is 1.40 bits per heavy atom. The third-order valence-corrected chi connectivity index (χ3v) is 4.24. The smallest absolute Gasteiger partial charge is 0.127 e. The van der Waals surface area contributed by atoms with Crippen molar-refractivity contribution in [2.45, 2.75) is 25.7 Å². The van der Waals surface area contributed by atoms with E-state index in [9.17, 15) is 8.78 Å². The Morgan fingerprint density at radius 3 is 2.60 bits per heavy atom. The van der Waals surface area contributed by atoms with Crippen molar-refractivity contribution in [1.29, 1.82) is 0 Å². The molecule has 0 aliphatic heterocycles. The molecule has 2 atom stereocenters. The van der Waals surface area contributed by atoms with Gasteiger partial charge in [0.25, 0.3) is 0 Å². The summed E-state index contributed by atoms with van der Waals surface area (Å²) in [6.07, 6.45) is 0.928. The van der Waals surface area contributed by atoms with Crippen molar-refractivity contribution in [2.24, 2.45) is 5.92 Å². The van der Waals surface area contributed by atoms with Crippen molar-refractivity contribution >= 4 is 15.9 Å². The molecule has 1 saturated carbocycles. The molecule has 0 spiro atoms. The van der Waals surface area contributed by atoms with Crippen molar-refractivity contribution < 1.29 is 8.78 Å². The highest BCUT2D eigenvalue weighted by atomic mass is 79.9. The molecule has 15 heavy (non-hydrogen) atoms. The number of hydrogen-bond donors (Lipinski definition) is 0. The van der Waals surface area contributed by atoms with Gasteiger partial charge in [-0.15, -0.1) is 0 Å². The summed E-state index contributed by atoms with van der Waals surface area (Å²) in [7, 11) is 0. The molecule has 1 aromatic carbocycles. The van der Waals surface area contributed by atoms with Gasteiger partial charge in [-0.05, 0) is 47.9 Å². The number of aryl methyl sites for hydroxylation is 1. The zero-order valence-electron chi connectivity index (χ0n) is 8.78. The fraction of sp³-hybridized carbons (Fsp3) is 0.500. The van der Waals surface area contributed by atoms with Crippen LogP contribution in [0.3, 0.4) is 0 Å². The van der Waals surface area contributed by atoms with Crippen molar-refractivity contribution in [3.05, 3.63) is 34.9 Å². The van der Waals surface area contributed by atoms with E-state index in [1.165, 1.54) is 12.1 Å². The fourth-order valence-electron chi connectivity index (χ4n) is 2.09. The van der Waals surface area contributed by atoms with Crippen LogP contribution in [-0.2, 0) is 5.41 Å². The average molecular weight is 275 g/mol. The van der Waals surface area contributed by atoms with E-state index in [1.54, 1.807) is 6.92 Å². The summed E-state index contributed by atoms with van der Waals surface area (Å²) in [5.41, 5.74) is 0.716. The summed E-state index contributed by atoms with van der Waals surface area (Å²) in [5, 5.41) is 0.846. The Balaban J connectivity index is 2.42. The first-order valence-electron chi connectivity index (χ1n) is 5.01. The predicted molar refractivity (Wildman–Crippen MR) is 60.3 cm³/mol. The quantitative estimate of drug-likeness (QED) is 0.717. The Morgan fingerprint density at radius 2 is 2.07 bits per heavy atom. The van der Waals surface area contributed by atoms with Crippen molar-refractivity contribution in [2.75, 3.05) is 5.33 Å². The largest absolute Gasteiger partial charge is 0.207 e. The highest BCUT2D eigenvalue weighted by Gasteiger charge is 2.51. The van der Waals surface area contributed by atoms with Crippen molar-refractivity contribution in [1.82, 2.24) is 0 Å². The highest BCUT2D eigenvalue weighted by Crippen LogP contribution is 2.55. The standard InChI is InChI=1S/C12H13BrF2/c1-7-3-11(15)9(4-10(7)14)12(2)5-8(12)6-13/h3-4,8H,5-6H2,1-2H3. The van der Waals surface area contributed by atoms with E-state index >= 15 is 0 Å². The molecule has 0 N–H and O–H groups in total. The molecule has 0 aromatic heterocycles. The molecule has 0 radical (unpaired) electrons. The van der Waals surface area contributed by atoms with Gasteiger partial charge in [0, 0.05) is 5.33 Å². The molecule has 0 nitrogen and oxygen atoms in total. The van der Waals surface area contributed by atoms with Gasteiger partial charge in [-0.3, -0.25) is 0 Å². The van der Waals surface area contributed by atoms with E-state index in [-0.39, 0.29) is 17.0 Å². The van der Waals surface area contributed by atoms with Crippen LogP contribution in [0.25, 0.3) is 0 Å². The predicted octanol–water partition coefficient (Wildman–Crippen LogP) is 3.95. The molecular formula is C12H13BrF2. The summed E-state index contributed by atoms with van der Waals surface area (Å²) in [4.78, 5) is 0. The first kappa shape index (κ1) is 11.1. The van der Waals surface area contributed by atoms with E-state index in [4.69, 9.17) is 0 Å². The second-order valence-corrected chi connectivity index (χ2v) is 5.20. The molecule has 0 heterocycles. The first-order chi connectivity index (χ1) is 6.99. The Kier molecular flexibility index (Phi) is 2.61. The number of halogens is 3. The summed E-state index contributed by atoms with van der Waals surface area (Å²) < 4.78 is 27.1. The van der Waals surface area contributed by atoms with E-state index in [2.05, 4.69) is 15.9 Å². The minimum absolute atomic E-state index is 0.178. The third kappa shape index (κ3) is 1.71. The van der Waals surface area contributed by atoms with Gasteiger partial charge in [0.1, 0.15) is 11.6 Å². The van der Waals surface area contributed by atoms with Gasteiger partial charge in [-0.1, -0.05) is 22.9 Å². The van der Waals surface area contributed by atoms with Gasteiger partial charge in [-0.2, -0.15) is 0 Å². The number of hydrogen-bond acceptors (Lipinski definition) is 0. The van der Waals surface area contributed by atoms with Crippen LogP contribution in [0, 0.1) is 24.5 Å². The number of rotatable bonds is 2. The van der Waals surface area contributed by atoms with E-state index < -0.39 is 0 Å². The average Bonchev–Trinajstić information content (AvgIpc) is 2.84. The first-order valence-corrected chi connectivity index (χ1v) is 6.13. The Labute approximate surface area is 96.8 Å². The van der Waals surface area contributed by atoms with Crippen LogP contribution >= 0.6 is 15.9 Å². The molecule has 1 aliphatic carbocycles. The van der Waals surface area contributed by atoms with Crippen molar-refractivity contribution in [3.63, 3.8) is 0 Å². The monoisotopic (exact) mass is 274 g/mol. The van der Waals surface area contributed by atoms with E-state index in [0.29, 0.717) is 17.0 Å². The maximum absolute atomic E-state index is 13.7. The van der Waals surface area contributed by atoms with Gasteiger partial charge in [-0.25, -0.2) is 8.78 Å². The van der Waals surface area contributed by atoms with E-state index in [1.807, 2.05) is 6.92 Å². The molecule has 1 fully saturated rings. The number of benzene rings is 1. The molecule has 3 heteroatoms. The van der Waals surface area contributed by atoms with Gasteiger partial charge in [0.05, 0.1) is 0 Å². The molecule has 2 unspecified atom stereocenters. The van der Waals surface area contributed by atoms with Gasteiger partial charge >= 0.3 is 0 Å². The van der Waals surface area contributed by atoms with Crippen LogP contribution in [0.15, 0.2) is 12.1 Å². The molecule has 0 saturated heterocycles. The van der Waals surface area contributed by atoms with Crippen LogP contribution < -0.4 is 0 Å². The molecule has 2 rings (SSSR count). The van der Waals surface area contributed by atoms with Crippen LogP contribution in [0.2, 0.25) is 0 Å². The van der Waals surface area contributed by atoms with Crippen molar-refractivity contribution in [3.8, 4) is 0 Å². The minimum atomic E-state index is -0.312. The van der Waals surface area contributed by atoms with Crippen LogP contribution in [-0.4, -0.2) is 5.33 Å². The van der Waals surface area contributed by atoms with Gasteiger partial charge in [0.15, 0.2) is 0 Å². The summed E-state index contributed by atoms with van der Waals surface area (Å²) in [5.74, 6) is -0.165. The normalized spacial score (nSPS) is 29.3. The second-order valence-electron chi connectivity index (χ2n) is 4.55. The topological polar surface area (TPSA) is 0 Å². The molecule has 1 aliphatic rings. The lowest BCUT2D eigenvalue weighted by molar-refractivity contribution is 0.551. The summed E-state index contributed by atoms with van der Waals surface area (Å²) in [6.45, 7) is 3.57. The lowest BCUT2D eigenvalue weighted by atomic mass is 9.94. The zero-order valence-corrected chi connectivity index (χ0v) is 10.4. The summed E-state index contributed by atoms with van der Waals surface area (Å²) in [6, 6.07) is 2.65. The zero-order chi connectivity index (χ0) is 11.2. The maximum atomic E-state index is 13.7. The summed E-state index contributed by atoms with van der Waals surface area (Å²) >= 11 is 3.39. The fourth-order valence-corrected chi connectivity index (χ4v) is 3.04. The maximum Gasteiger partial charge on any atom is 0.127 e. The van der Waals surface area contributed by atoms with Crippen LogP contribution in [0.5, 0.6) is 0 Å². The number of alkyl halides is 1. The molecule has 0 bridgehead atoms. The molecule has 1 aromatic rings. The molecular weight excluding hydrogens is 262 g/mol. The second kappa shape index (κ2) is 3.55. The third-order valence-electron chi connectivity index (χ3n) is 3.46.